The van der Waals surface area contributed by atoms with Gasteiger partial charge in [-0.3, -0.25) is 9.78 Å². The number of hydrogen-bond acceptors (Lipinski definition) is 3. The molecule has 5 nitrogen and oxygen atoms in total. The summed E-state index contributed by atoms with van der Waals surface area (Å²) in [4.78, 5) is 26.5. The van der Waals surface area contributed by atoms with Gasteiger partial charge in [0.05, 0.1) is 11.8 Å². The highest BCUT2D eigenvalue weighted by Gasteiger charge is 2.34. The lowest BCUT2D eigenvalue weighted by molar-refractivity contribution is -0.144. The lowest BCUT2D eigenvalue weighted by Crippen LogP contribution is -2.52. The van der Waals surface area contributed by atoms with Crippen LogP contribution in [0.5, 0.6) is 0 Å². The lowest BCUT2D eigenvalue weighted by atomic mass is 9.96. The SMILES string of the molecule is CCCC(C)(NC(=O)c1ccncc1F)C(=O)O. The van der Waals surface area contributed by atoms with E-state index in [1.807, 2.05) is 0 Å². The molecule has 0 aliphatic heterocycles. The molecule has 0 aliphatic carbocycles. The second-order valence-electron chi connectivity index (χ2n) is 4.20. The molecule has 98 valence electrons. The highest BCUT2D eigenvalue weighted by molar-refractivity contribution is 5.97. The van der Waals surface area contributed by atoms with Crippen LogP contribution < -0.4 is 5.32 Å². The number of nitrogens with zero attached hydrogens (tertiary/aromatic N) is 1. The molecule has 2 N–H and O–H groups in total. The van der Waals surface area contributed by atoms with Crippen LogP contribution in [0.15, 0.2) is 18.5 Å². The molecule has 0 radical (unpaired) electrons. The molecule has 1 amide bonds. The fourth-order valence-electron chi connectivity index (χ4n) is 1.60. The lowest BCUT2D eigenvalue weighted by Gasteiger charge is -2.25. The van der Waals surface area contributed by atoms with Gasteiger partial charge in [-0.2, -0.15) is 0 Å². The van der Waals surface area contributed by atoms with Gasteiger partial charge in [0.2, 0.25) is 0 Å². The fourth-order valence-corrected chi connectivity index (χ4v) is 1.60. The van der Waals surface area contributed by atoms with E-state index in [2.05, 4.69) is 10.3 Å². The van der Waals surface area contributed by atoms with Crippen molar-refractivity contribution in [2.45, 2.75) is 32.2 Å². The van der Waals surface area contributed by atoms with Gasteiger partial charge in [0.1, 0.15) is 5.54 Å². The summed E-state index contributed by atoms with van der Waals surface area (Å²) in [6.45, 7) is 3.20. The van der Waals surface area contributed by atoms with Crippen molar-refractivity contribution in [3.63, 3.8) is 0 Å². The Bertz CT molecular complexity index is 464. The molecular weight excluding hydrogens is 239 g/mol. The third-order valence-corrected chi connectivity index (χ3v) is 2.63. The number of pyridine rings is 1. The molecule has 1 aromatic rings. The summed E-state index contributed by atoms with van der Waals surface area (Å²) in [5, 5.41) is 11.5. The number of aliphatic carboxylic acids is 1. The third kappa shape index (κ3) is 3.03. The number of halogens is 1. The molecule has 1 aromatic heterocycles. The van der Waals surface area contributed by atoms with E-state index >= 15 is 0 Å². The van der Waals surface area contributed by atoms with Crippen LogP contribution in [0.4, 0.5) is 4.39 Å². The monoisotopic (exact) mass is 254 g/mol. The highest BCUT2D eigenvalue weighted by atomic mass is 19.1. The van der Waals surface area contributed by atoms with Gasteiger partial charge >= 0.3 is 5.97 Å². The number of carbonyl (C=O) groups is 2. The topological polar surface area (TPSA) is 79.3 Å². The van der Waals surface area contributed by atoms with E-state index < -0.39 is 23.2 Å². The molecule has 1 rings (SSSR count). The summed E-state index contributed by atoms with van der Waals surface area (Å²) < 4.78 is 13.3. The summed E-state index contributed by atoms with van der Waals surface area (Å²) >= 11 is 0. The molecule has 0 saturated heterocycles. The van der Waals surface area contributed by atoms with Gasteiger partial charge in [-0.1, -0.05) is 13.3 Å². The van der Waals surface area contributed by atoms with Gasteiger partial charge in [0, 0.05) is 6.20 Å². The molecule has 0 fully saturated rings. The maximum atomic E-state index is 13.3. The van der Waals surface area contributed by atoms with Crippen LogP contribution in [-0.4, -0.2) is 27.5 Å². The zero-order valence-corrected chi connectivity index (χ0v) is 10.2. The van der Waals surface area contributed by atoms with Crippen molar-refractivity contribution < 1.29 is 19.1 Å². The first-order chi connectivity index (χ1) is 8.40. The van der Waals surface area contributed by atoms with Crippen molar-refractivity contribution in [3.05, 3.63) is 29.8 Å². The van der Waals surface area contributed by atoms with Gasteiger partial charge < -0.3 is 10.4 Å². The molecule has 0 bridgehead atoms. The number of amides is 1. The zero-order valence-electron chi connectivity index (χ0n) is 10.2. The number of nitrogens with one attached hydrogen (secondary N) is 1. The highest BCUT2D eigenvalue weighted by Crippen LogP contribution is 2.14. The molecule has 1 atom stereocenters. The predicted octanol–water partition coefficient (Wildman–Crippen LogP) is 1.59. The van der Waals surface area contributed by atoms with E-state index in [1.54, 1.807) is 6.92 Å². The van der Waals surface area contributed by atoms with Crippen molar-refractivity contribution >= 4 is 11.9 Å². The van der Waals surface area contributed by atoms with E-state index in [0.29, 0.717) is 6.42 Å². The first-order valence-corrected chi connectivity index (χ1v) is 5.56. The maximum Gasteiger partial charge on any atom is 0.329 e. The van der Waals surface area contributed by atoms with Gasteiger partial charge in [-0.15, -0.1) is 0 Å². The van der Waals surface area contributed by atoms with Crippen molar-refractivity contribution in [2.24, 2.45) is 0 Å². The Labute approximate surface area is 104 Å². The van der Waals surface area contributed by atoms with Crippen LogP contribution >= 0.6 is 0 Å². The van der Waals surface area contributed by atoms with E-state index in [-0.39, 0.29) is 12.0 Å². The van der Waals surface area contributed by atoms with Crippen molar-refractivity contribution in [2.75, 3.05) is 0 Å². The molecule has 18 heavy (non-hydrogen) atoms. The molecule has 0 spiro atoms. The first kappa shape index (κ1) is 14.1. The van der Waals surface area contributed by atoms with Gasteiger partial charge in [0.25, 0.3) is 5.91 Å². The number of hydrogen-bond donors (Lipinski definition) is 2. The van der Waals surface area contributed by atoms with Gasteiger partial charge in [-0.05, 0) is 19.4 Å². The average molecular weight is 254 g/mol. The number of carbonyl (C=O) groups excluding carboxylic acids is 1. The molecule has 1 unspecified atom stereocenters. The van der Waals surface area contributed by atoms with Crippen LogP contribution in [-0.2, 0) is 4.79 Å². The normalized spacial score (nSPS) is 13.7. The number of aromatic nitrogens is 1. The number of carboxylic acids is 1. The third-order valence-electron chi connectivity index (χ3n) is 2.63. The molecule has 0 aromatic carbocycles. The summed E-state index contributed by atoms with van der Waals surface area (Å²) in [5.74, 6) is -2.68. The summed E-state index contributed by atoms with van der Waals surface area (Å²) in [5.41, 5.74) is -1.62. The minimum absolute atomic E-state index is 0.214. The molecule has 6 heteroatoms. The van der Waals surface area contributed by atoms with Crippen LogP contribution in [0.2, 0.25) is 0 Å². The van der Waals surface area contributed by atoms with Crippen molar-refractivity contribution in [1.82, 2.24) is 10.3 Å². The second kappa shape index (κ2) is 5.57. The van der Waals surface area contributed by atoms with E-state index in [9.17, 15) is 14.0 Å². The Morgan fingerprint density at radius 2 is 2.22 bits per heavy atom. The predicted molar refractivity (Wildman–Crippen MR) is 62.6 cm³/mol. The van der Waals surface area contributed by atoms with Crippen LogP contribution in [0.25, 0.3) is 0 Å². The van der Waals surface area contributed by atoms with Crippen LogP contribution in [0.1, 0.15) is 37.0 Å². The Morgan fingerprint density at radius 1 is 1.56 bits per heavy atom. The minimum Gasteiger partial charge on any atom is -0.480 e. The standard InChI is InChI=1S/C12H15FN2O3/c1-3-5-12(2,11(17)18)15-10(16)8-4-6-14-7-9(8)13/h4,6-7H,3,5H2,1-2H3,(H,15,16)(H,17,18). The summed E-state index contributed by atoms with van der Waals surface area (Å²) in [7, 11) is 0. The summed E-state index contributed by atoms with van der Waals surface area (Å²) in [6, 6.07) is 1.21. The Morgan fingerprint density at radius 3 is 2.72 bits per heavy atom. The molecule has 1 heterocycles. The van der Waals surface area contributed by atoms with E-state index in [0.717, 1.165) is 6.20 Å². The molecular formula is C12H15FN2O3. The number of rotatable bonds is 5. The van der Waals surface area contributed by atoms with Crippen molar-refractivity contribution in [1.29, 1.82) is 0 Å². The van der Waals surface area contributed by atoms with Gasteiger partial charge in [-0.25, -0.2) is 9.18 Å². The quantitative estimate of drug-likeness (QED) is 0.836. The van der Waals surface area contributed by atoms with Crippen LogP contribution in [0, 0.1) is 5.82 Å². The first-order valence-electron chi connectivity index (χ1n) is 5.56. The van der Waals surface area contributed by atoms with E-state index in [4.69, 9.17) is 5.11 Å². The van der Waals surface area contributed by atoms with Crippen molar-refractivity contribution in [3.8, 4) is 0 Å². The Kier molecular flexibility index (Phi) is 4.36. The maximum absolute atomic E-state index is 13.3. The second-order valence-corrected chi connectivity index (χ2v) is 4.20. The zero-order chi connectivity index (χ0) is 13.8. The van der Waals surface area contributed by atoms with Crippen LogP contribution in [0.3, 0.4) is 0 Å². The fraction of sp³-hybridized carbons (Fsp3) is 0.417. The Balaban J connectivity index is 2.93. The van der Waals surface area contributed by atoms with Gasteiger partial charge in [0.15, 0.2) is 5.82 Å². The minimum atomic E-state index is -1.40. The largest absolute Gasteiger partial charge is 0.480 e. The average Bonchev–Trinajstić information content (AvgIpc) is 2.29. The smallest absolute Gasteiger partial charge is 0.329 e. The Hall–Kier alpha value is -1.98. The van der Waals surface area contributed by atoms with E-state index in [1.165, 1.54) is 19.2 Å². The molecule has 0 saturated carbocycles. The number of carboxylic acid groups (broad SMARTS) is 1. The molecule has 0 aliphatic rings. The summed E-state index contributed by atoms with van der Waals surface area (Å²) in [6.07, 6.45) is 3.03.